The number of rotatable bonds is 7. The number of carbonyl (C=O) groups is 1. The Balaban J connectivity index is 1.80. The Morgan fingerprint density at radius 3 is 2.58 bits per heavy atom. The van der Waals surface area contributed by atoms with E-state index in [1.54, 1.807) is 0 Å². The van der Waals surface area contributed by atoms with E-state index in [1.807, 2.05) is 38.1 Å². The highest BCUT2D eigenvalue weighted by Crippen LogP contribution is 2.18. The zero-order valence-corrected chi connectivity index (χ0v) is 14.9. The summed E-state index contributed by atoms with van der Waals surface area (Å²) in [5.74, 6) is 1.61. The molecule has 2 N–H and O–H groups in total. The summed E-state index contributed by atoms with van der Waals surface area (Å²) < 4.78 is 5.53. The second kappa shape index (κ2) is 8.43. The molecule has 5 nitrogen and oxygen atoms in total. The van der Waals surface area contributed by atoms with Gasteiger partial charge in [-0.15, -0.1) is 0 Å². The van der Waals surface area contributed by atoms with Crippen LogP contribution in [-0.2, 0) is 0 Å². The van der Waals surface area contributed by atoms with Gasteiger partial charge in [0, 0.05) is 25.3 Å². The largest absolute Gasteiger partial charge is 0.464 e. The third kappa shape index (κ3) is 4.78. The van der Waals surface area contributed by atoms with Crippen LogP contribution in [0.1, 0.15) is 37.0 Å². The van der Waals surface area contributed by atoms with Crippen molar-refractivity contribution in [3.05, 3.63) is 53.5 Å². The number of nitrogens with zero attached hydrogens (tertiary/aromatic N) is 1. The van der Waals surface area contributed by atoms with Gasteiger partial charge in [-0.25, -0.2) is 4.79 Å². The van der Waals surface area contributed by atoms with Gasteiger partial charge in [0.25, 0.3) is 0 Å². The van der Waals surface area contributed by atoms with Crippen molar-refractivity contribution in [2.24, 2.45) is 0 Å². The number of benzene rings is 1. The molecule has 1 heterocycles. The Morgan fingerprint density at radius 1 is 1.21 bits per heavy atom. The van der Waals surface area contributed by atoms with Crippen LogP contribution >= 0.6 is 0 Å². The van der Waals surface area contributed by atoms with Gasteiger partial charge in [-0.05, 0) is 51.5 Å². The number of aryl methyl sites for hydroxylation is 2. The molecule has 24 heavy (non-hydrogen) atoms. The van der Waals surface area contributed by atoms with Crippen molar-refractivity contribution in [2.75, 3.05) is 24.5 Å². The van der Waals surface area contributed by atoms with Crippen LogP contribution in [0, 0.1) is 13.8 Å². The fourth-order valence-corrected chi connectivity index (χ4v) is 2.68. The standard InChI is InChI=1S/C19H27N3O2/c1-5-22(17-9-7-6-8-14(17)2)13-12-20-19(23)21-16(4)18-11-10-15(3)24-18/h6-11,16H,5,12-13H2,1-4H3,(H2,20,21,23). The van der Waals surface area contributed by atoms with Crippen molar-refractivity contribution >= 4 is 11.7 Å². The monoisotopic (exact) mass is 329 g/mol. The summed E-state index contributed by atoms with van der Waals surface area (Å²) in [4.78, 5) is 14.3. The van der Waals surface area contributed by atoms with Crippen molar-refractivity contribution < 1.29 is 9.21 Å². The first-order valence-corrected chi connectivity index (χ1v) is 8.42. The number of hydrogen-bond acceptors (Lipinski definition) is 3. The molecule has 0 bridgehead atoms. The molecule has 2 amide bonds. The fourth-order valence-electron chi connectivity index (χ4n) is 2.68. The van der Waals surface area contributed by atoms with Crippen LogP contribution in [-0.4, -0.2) is 25.7 Å². The molecule has 0 fully saturated rings. The van der Waals surface area contributed by atoms with Gasteiger partial charge in [-0.3, -0.25) is 0 Å². The van der Waals surface area contributed by atoms with Gasteiger partial charge in [0.2, 0.25) is 0 Å². The van der Waals surface area contributed by atoms with E-state index in [4.69, 9.17) is 4.42 Å². The lowest BCUT2D eigenvalue weighted by atomic mass is 10.2. The highest BCUT2D eigenvalue weighted by molar-refractivity contribution is 5.74. The van der Waals surface area contributed by atoms with E-state index < -0.39 is 0 Å². The van der Waals surface area contributed by atoms with Gasteiger partial charge in [0.05, 0.1) is 6.04 Å². The summed E-state index contributed by atoms with van der Waals surface area (Å²) in [6.07, 6.45) is 0. The highest BCUT2D eigenvalue weighted by atomic mass is 16.3. The van der Waals surface area contributed by atoms with E-state index >= 15 is 0 Å². The molecule has 0 aliphatic heterocycles. The molecular weight excluding hydrogens is 302 g/mol. The van der Waals surface area contributed by atoms with Gasteiger partial charge in [-0.1, -0.05) is 18.2 Å². The molecule has 1 atom stereocenters. The van der Waals surface area contributed by atoms with Crippen LogP contribution in [0.25, 0.3) is 0 Å². The number of amides is 2. The quantitative estimate of drug-likeness (QED) is 0.813. The number of likely N-dealkylation sites (N-methyl/N-ethyl adjacent to an activating group) is 1. The molecule has 0 aliphatic rings. The van der Waals surface area contributed by atoms with Crippen molar-refractivity contribution in [1.82, 2.24) is 10.6 Å². The molecular formula is C19H27N3O2. The topological polar surface area (TPSA) is 57.5 Å². The Bertz CT molecular complexity index is 666. The lowest BCUT2D eigenvalue weighted by Crippen LogP contribution is -2.41. The van der Waals surface area contributed by atoms with Gasteiger partial charge in [0.15, 0.2) is 0 Å². The number of para-hydroxylation sites is 1. The summed E-state index contributed by atoms with van der Waals surface area (Å²) in [6, 6.07) is 11.7. The van der Waals surface area contributed by atoms with Crippen LogP contribution in [0.15, 0.2) is 40.8 Å². The molecule has 5 heteroatoms. The summed E-state index contributed by atoms with van der Waals surface area (Å²) in [5, 5.41) is 5.80. The molecule has 130 valence electrons. The minimum absolute atomic E-state index is 0.155. The highest BCUT2D eigenvalue weighted by Gasteiger charge is 2.13. The van der Waals surface area contributed by atoms with Gasteiger partial charge in [0.1, 0.15) is 11.5 Å². The van der Waals surface area contributed by atoms with Crippen molar-refractivity contribution in [2.45, 2.75) is 33.7 Å². The maximum absolute atomic E-state index is 12.0. The molecule has 0 saturated carbocycles. The second-order valence-electron chi connectivity index (χ2n) is 5.94. The predicted molar refractivity (Wildman–Crippen MR) is 97.5 cm³/mol. The number of nitrogens with one attached hydrogen (secondary N) is 2. The Hall–Kier alpha value is -2.43. The molecule has 0 radical (unpaired) electrons. The fraction of sp³-hybridized carbons (Fsp3) is 0.421. The molecule has 1 unspecified atom stereocenters. The van der Waals surface area contributed by atoms with Gasteiger partial charge >= 0.3 is 6.03 Å². The Labute approximate surface area is 144 Å². The summed E-state index contributed by atoms with van der Waals surface area (Å²) in [7, 11) is 0. The number of anilines is 1. The van der Waals surface area contributed by atoms with Crippen molar-refractivity contribution in [1.29, 1.82) is 0 Å². The zero-order chi connectivity index (χ0) is 17.5. The number of furan rings is 1. The molecule has 1 aromatic heterocycles. The first kappa shape index (κ1) is 17.9. The van der Waals surface area contributed by atoms with Crippen LogP contribution in [0.4, 0.5) is 10.5 Å². The Kier molecular flexibility index (Phi) is 6.29. The minimum atomic E-state index is -0.183. The van der Waals surface area contributed by atoms with Crippen molar-refractivity contribution in [3.8, 4) is 0 Å². The van der Waals surface area contributed by atoms with Gasteiger partial charge in [-0.2, -0.15) is 0 Å². The lowest BCUT2D eigenvalue weighted by molar-refractivity contribution is 0.236. The SMILES string of the molecule is CCN(CCNC(=O)NC(C)c1ccc(C)o1)c1ccccc1C. The third-order valence-electron chi connectivity index (χ3n) is 4.04. The lowest BCUT2D eigenvalue weighted by Gasteiger charge is -2.25. The first-order valence-electron chi connectivity index (χ1n) is 8.42. The third-order valence-corrected chi connectivity index (χ3v) is 4.04. The minimum Gasteiger partial charge on any atom is -0.464 e. The number of hydrogen-bond donors (Lipinski definition) is 2. The van der Waals surface area contributed by atoms with Crippen LogP contribution in [0.2, 0.25) is 0 Å². The average Bonchev–Trinajstić information content (AvgIpc) is 2.99. The van der Waals surface area contributed by atoms with Crippen LogP contribution < -0.4 is 15.5 Å². The summed E-state index contributed by atoms with van der Waals surface area (Å²) in [6.45, 7) is 10.3. The van der Waals surface area contributed by atoms with Gasteiger partial charge < -0.3 is 20.0 Å². The first-order chi connectivity index (χ1) is 11.5. The number of urea groups is 1. The van der Waals surface area contributed by atoms with E-state index in [2.05, 4.69) is 41.5 Å². The average molecular weight is 329 g/mol. The van der Waals surface area contributed by atoms with E-state index in [9.17, 15) is 4.79 Å². The molecule has 0 aliphatic carbocycles. The maximum Gasteiger partial charge on any atom is 0.315 e. The molecule has 0 spiro atoms. The van der Waals surface area contributed by atoms with E-state index in [0.717, 1.165) is 24.6 Å². The molecule has 2 rings (SSSR count). The number of carbonyl (C=O) groups excluding carboxylic acids is 1. The van der Waals surface area contributed by atoms with Crippen molar-refractivity contribution in [3.63, 3.8) is 0 Å². The molecule has 1 aromatic carbocycles. The molecule has 2 aromatic rings. The predicted octanol–water partition coefficient (Wildman–Crippen LogP) is 3.78. The van der Waals surface area contributed by atoms with E-state index in [1.165, 1.54) is 11.3 Å². The van der Waals surface area contributed by atoms with Crippen LogP contribution in [0.3, 0.4) is 0 Å². The van der Waals surface area contributed by atoms with E-state index in [-0.39, 0.29) is 12.1 Å². The smallest absolute Gasteiger partial charge is 0.315 e. The molecule has 0 saturated heterocycles. The normalized spacial score (nSPS) is 11.8. The van der Waals surface area contributed by atoms with Crippen LogP contribution in [0.5, 0.6) is 0 Å². The second-order valence-corrected chi connectivity index (χ2v) is 5.94. The maximum atomic E-state index is 12.0. The van der Waals surface area contributed by atoms with E-state index in [0.29, 0.717) is 6.54 Å². The summed E-state index contributed by atoms with van der Waals surface area (Å²) >= 11 is 0. The Morgan fingerprint density at radius 2 is 1.96 bits per heavy atom. The zero-order valence-electron chi connectivity index (χ0n) is 14.9. The summed E-state index contributed by atoms with van der Waals surface area (Å²) in [5.41, 5.74) is 2.45.